The number of fused-ring (bicyclic) bond motifs is 1. The molecule has 136 valence electrons. The summed E-state index contributed by atoms with van der Waals surface area (Å²) in [6.45, 7) is 4.25. The fraction of sp³-hybridized carbons (Fsp3) is 0.286. The van der Waals surface area contributed by atoms with Gasteiger partial charge in [0, 0.05) is 22.5 Å². The molecule has 2 aromatic carbocycles. The molecule has 0 fully saturated rings. The van der Waals surface area contributed by atoms with Crippen LogP contribution in [0.5, 0.6) is 11.5 Å². The highest BCUT2D eigenvalue weighted by Crippen LogP contribution is 2.39. The number of carboxylic acids is 1. The number of hydrogen-bond donors (Lipinski definition) is 2. The van der Waals surface area contributed by atoms with Crippen molar-refractivity contribution in [2.45, 2.75) is 26.2 Å². The zero-order valence-electron chi connectivity index (χ0n) is 15.4. The lowest BCUT2D eigenvalue weighted by molar-refractivity contribution is -0.136. The van der Waals surface area contributed by atoms with Crippen LogP contribution in [0.3, 0.4) is 0 Å². The van der Waals surface area contributed by atoms with Gasteiger partial charge in [-0.3, -0.25) is 4.79 Å². The average molecular weight is 353 g/mol. The van der Waals surface area contributed by atoms with E-state index in [4.69, 9.17) is 9.47 Å². The summed E-state index contributed by atoms with van der Waals surface area (Å²) >= 11 is 0. The molecule has 0 spiro atoms. The van der Waals surface area contributed by atoms with Gasteiger partial charge in [-0.15, -0.1) is 0 Å². The van der Waals surface area contributed by atoms with E-state index in [1.54, 1.807) is 20.3 Å². The van der Waals surface area contributed by atoms with Gasteiger partial charge in [-0.25, -0.2) is 0 Å². The molecule has 0 aliphatic rings. The first-order chi connectivity index (χ1) is 12.5. The molecular weight excluding hydrogens is 330 g/mol. The van der Waals surface area contributed by atoms with Crippen LogP contribution in [0.25, 0.3) is 22.2 Å². The van der Waals surface area contributed by atoms with Crippen molar-refractivity contribution in [1.82, 2.24) is 4.98 Å². The van der Waals surface area contributed by atoms with Gasteiger partial charge in [-0.05, 0) is 29.2 Å². The van der Waals surface area contributed by atoms with E-state index >= 15 is 0 Å². The zero-order valence-corrected chi connectivity index (χ0v) is 15.4. The van der Waals surface area contributed by atoms with E-state index in [1.807, 2.05) is 24.3 Å². The van der Waals surface area contributed by atoms with Gasteiger partial charge in [0.15, 0.2) is 0 Å². The molecule has 0 unspecified atom stereocenters. The Morgan fingerprint density at radius 3 is 2.54 bits per heavy atom. The third-order valence-electron chi connectivity index (χ3n) is 4.60. The molecule has 2 N–H and O–H groups in total. The molecule has 5 nitrogen and oxygen atoms in total. The van der Waals surface area contributed by atoms with Crippen LogP contribution in [-0.4, -0.2) is 30.3 Å². The number of hydrogen-bond acceptors (Lipinski definition) is 3. The van der Waals surface area contributed by atoms with Gasteiger partial charge in [-0.1, -0.05) is 32.0 Å². The standard InChI is InChI=1S/C21H23NO4/c1-12(2)14-6-5-7-15-17(11-19(23)24)21(22-20(14)15)16-9-8-13(25-3)10-18(16)26-4/h5-10,12,22H,11H2,1-4H3,(H,23,24). The number of carboxylic acid groups (broad SMARTS) is 1. The first-order valence-electron chi connectivity index (χ1n) is 8.54. The number of benzene rings is 2. The van der Waals surface area contributed by atoms with Crippen LogP contribution < -0.4 is 9.47 Å². The normalized spacial score (nSPS) is 11.1. The van der Waals surface area contributed by atoms with E-state index in [0.29, 0.717) is 17.4 Å². The fourth-order valence-corrected chi connectivity index (χ4v) is 3.35. The van der Waals surface area contributed by atoms with Crippen LogP contribution in [0.2, 0.25) is 0 Å². The molecule has 0 atom stereocenters. The zero-order chi connectivity index (χ0) is 18.8. The summed E-state index contributed by atoms with van der Waals surface area (Å²) in [6, 6.07) is 11.6. The Morgan fingerprint density at radius 1 is 1.15 bits per heavy atom. The van der Waals surface area contributed by atoms with E-state index in [2.05, 4.69) is 24.9 Å². The van der Waals surface area contributed by atoms with E-state index in [1.165, 1.54) is 0 Å². The second kappa shape index (κ2) is 7.12. The smallest absolute Gasteiger partial charge is 0.307 e. The van der Waals surface area contributed by atoms with Crippen molar-refractivity contribution in [2.24, 2.45) is 0 Å². The Bertz CT molecular complexity index is 956. The Hall–Kier alpha value is -2.95. The minimum atomic E-state index is -0.866. The summed E-state index contributed by atoms with van der Waals surface area (Å²) in [5, 5.41) is 10.4. The molecule has 3 aromatic rings. The Balaban J connectivity index is 2.31. The minimum Gasteiger partial charge on any atom is -0.497 e. The van der Waals surface area contributed by atoms with Crippen LogP contribution in [-0.2, 0) is 11.2 Å². The molecule has 0 bridgehead atoms. The van der Waals surface area contributed by atoms with Gasteiger partial charge in [0.25, 0.3) is 0 Å². The van der Waals surface area contributed by atoms with E-state index in [9.17, 15) is 9.90 Å². The highest BCUT2D eigenvalue weighted by atomic mass is 16.5. The molecule has 0 saturated heterocycles. The summed E-state index contributed by atoms with van der Waals surface area (Å²) in [5.74, 6) is 0.772. The molecule has 0 saturated carbocycles. The van der Waals surface area contributed by atoms with E-state index in [0.717, 1.165) is 33.3 Å². The van der Waals surface area contributed by atoms with Crippen LogP contribution >= 0.6 is 0 Å². The molecule has 26 heavy (non-hydrogen) atoms. The van der Waals surface area contributed by atoms with Crippen molar-refractivity contribution in [2.75, 3.05) is 14.2 Å². The highest BCUT2D eigenvalue weighted by molar-refractivity contribution is 5.96. The minimum absolute atomic E-state index is 0.0634. The fourth-order valence-electron chi connectivity index (χ4n) is 3.35. The van der Waals surface area contributed by atoms with E-state index in [-0.39, 0.29) is 6.42 Å². The number of ether oxygens (including phenoxy) is 2. The third kappa shape index (κ3) is 3.12. The molecule has 1 aromatic heterocycles. The van der Waals surface area contributed by atoms with Crippen molar-refractivity contribution in [1.29, 1.82) is 0 Å². The quantitative estimate of drug-likeness (QED) is 0.679. The van der Waals surface area contributed by atoms with Gasteiger partial charge >= 0.3 is 5.97 Å². The summed E-state index contributed by atoms with van der Waals surface area (Å²) < 4.78 is 10.8. The predicted molar refractivity (Wildman–Crippen MR) is 102 cm³/mol. The lowest BCUT2D eigenvalue weighted by Gasteiger charge is -2.11. The molecule has 5 heteroatoms. The number of carbonyl (C=O) groups is 1. The van der Waals surface area contributed by atoms with Gasteiger partial charge in [0.1, 0.15) is 11.5 Å². The molecule has 1 heterocycles. The number of H-pyrrole nitrogens is 1. The number of aromatic nitrogens is 1. The summed E-state index contributed by atoms with van der Waals surface area (Å²) in [6.07, 6.45) is -0.0634. The maximum absolute atomic E-state index is 11.5. The third-order valence-corrected chi connectivity index (χ3v) is 4.60. The number of rotatable bonds is 6. The number of aliphatic carboxylic acids is 1. The number of aromatic amines is 1. The lowest BCUT2D eigenvalue weighted by Crippen LogP contribution is -2.01. The second-order valence-corrected chi connectivity index (χ2v) is 6.54. The molecule has 0 aliphatic carbocycles. The molecular formula is C21H23NO4. The summed E-state index contributed by atoms with van der Waals surface area (Å²) in [7, 11) is 3.19. The molecule has 0 aliphatic heterocycles. The number of para-hydroxylation sites is 1. The molecule has 0 radical (unpaired) electrons. The van der Waals surface area contributed by atoms with Gasteiger partial charge in [0.2, 0.25) is 0 Å². The van der Waals surface area contributed by atoms with E-state index < -0.39 is 5.97 Å². The number of methoxy groups -OCH3 is 2. The van der Waals surface area contributed by atoms with Gasteiger partial charge in [-0.2, -0.15) is 0 Å². The Labute approximate surface area is 152 Å². The summed E-state index contributed by atoms with van der Waals surface area (Å²) in [5.41, 5.74) is 4.49. The Kier molecular flexibility index (Phi) is 4.89. The van der Waals surface area contributed by atoms with Crippen LogP contribution in [0.4, 0.5) is 0 Å². The maximum atomic E-state index is 11.5. The molecule has 3 rings (SSSR count). The van der Waals surface area contributed by atoms with Crippen LogP contribution in [0.1, 0.15) is 30.9 Å². The SMILES string of the molecule is COc1ccc(-c2[nH]c3c(C(C)C)cccc3c2CC(=O)O)c(OC)c1. The summed E-state index contributed by atoms with van der Waals surface area (Å²) in [4.78, 5) is 15.0. The van der Waals surface area contributed by atoms with Crippen molar-refractivity contribution >= 4 is 16.9 Å². The maximum Gasteiger partial charge on any atom is 0.307 e. The highest BCUT2D eigenvalue weighted by Gasteiger charge is 2.20. The topological polar surface area (TPSA) is 71.6 Å². The van der Waals surface area contributed by atoms with Crippen LogP contribution in [0, 0.1) is 0 Å². The first-order valence-corrected chi connectivity index (χ1v) is 8.54. The first kappa shape index (κ1) is 17.9. The van der Waals surface area contributed by atoms with Crippen LogP contribution in [0.15, 0.2) is 36.4 Å². The van der Waals surface area contributed by atoms with Crippen molar-refractivity contribution in [3.63, 3.8) is 0 Å². The number of nitrogens with one attached hydrogen (secondary N) is 1. The van der Waals surface area contributed by atoms with Gasteiger partial charge < -0.3 is 19.6 Å². The predicted octanol–water partition coefficient (Wildman–Crippen LogP) is 4.60. The lowest BCUT2D eigenvalue weighted by atomic mass is 9.97. The second-order valence-electron chi connectivity index (χ2n) is 6.54. The monoisotopic (exact) mass is 353 g/mol. The largest absolute Gasteiger partial charge is 0.497 e. The van der Waals surface area contributed by atoms with Crippen molar-refractivity contribution in [3.05, 3.63) is 47.5 Å². The van der Waals surface area contributed by atoms with Gasteiger partial charge in [0.05, 0.1) is 26.3 Å². The van der Waals surface area contributed by atoms with Crippen molar-refractivity contribution < 1.29 is 19.4 Å². The average Bonchev–Trinajstić information content (AvgIpc) is 2.98. The Morgan fingerprint density at radius 2 is 1.92 bits per heavy atom. The molecule has 0 amide bonds. The van der Waals surface area contributed by atoms with Crippen molar-refractivity contribution in [3.8, 4) is 22.8 Å².